The molecule has 1 heteroatoms. The fraction of sp³-hybridized carbons (Fsp3) is 0.789. The van der Waals surface area contributed by atoms with E-state index in [9.17, 15) is 5.11 Å². The maximum absolute atomic E-state index is 10.00. The van der Waals surface area contributed by atoms with Crippen LogP contribution in [-0.4, -0.2) is 11.2 Å². The first kappa shape index (κ1) is 13.1. The molecule has 20 heavy (non-hydrogen) atoms. The standard InChI is InChI=1S/C19H28O/c1-12-3-5-16-15(12)7-8-18-17(16)6-4-13-11-14(20)9-10-19(13,18)2/h4,14,16-18,20H,3,5-11H2,1-2H3. The highest BCUT2D eigenvalue weighted by Crippen LogP contribution is 2.60. The second-order valence-electron chi connectivity index (χ2n) is 8.04. The van der Waals surface area contributed by atoms with Gasteiger partial charge in [-0.3, -0.25) is 0 Å². The predicted octanol–water partition coefficient (Wildman–Crippen LogP) is 4.62. The predicted molar refractivity (Wildman–Crippen MR) is 82.3 cm³/mol. The smallest absolute Gasteiger partial charge is 0.0577 e. The average Bonchev–Trinajstić information content (AvgIpc) is 2.82. The highest BCUT2D eigenvalue weighted by molar-refractivity contribution is 5.30. The summed E-state index contributed by atoms with van der Waals surface area (Å²) in [6.45, 7) is 4.89. The molecule has 0 aromatic heterocycles. The number of fused-ring (bicyclic) bond motifs is 5. The van der Waals surface area contributed by atoms with Gasteiger partial charge in [-0.1, -0.05) is 29.7 Å². The molecule has 2 saturated carbocycles. The molecule has 5 unspecified atom stereocenters. The topological polar surface area (TPSA) is 20.2 Å². The van der Waals surface area contributed by atoms with Gasteiger partial charge in [-0.05, 0) is 81.5 Å². The lowest BCUT2D eigenvalue weighted by atomic mass is 9.51. The molecule has 0 saturated heterocycles. The van der Waals surface area contributed by atoms with E-state index in [1.165, 1.54) is 38.5 Å². The molecule has 0 radical (unpaired) electrons. The molecule has 1 nitrogen and oxygen atoms in total. The van der Waals surface area contributed by atoms with Crippen molar-refractivity contribution in [1.82, 2.24) is 0 Å². The molecule has 0 spiro atoms. The summed E-state index contributed by atoms with van der Waals surface area (Å²) in [5, 5.41) is 10.00. The summed E-state index contributed by atoms with van der Waals surface area (Å²) in [5.41, 5.74) is 5.55. The molecule has 4 aliphatic carbocycles. The minimum Gasteiger partial charge on any atom is -0.393 e. The SMILES string of the molecule is CC1=C2CCC3C(CC=C4CC(O)CCC43C)C2CC1. The van der Waals surface area contributed by atoms with Gasteiger partial charge in [0, 0.05) is 0 Å². The molecule has 110 valence electrons. The van der Waals surface area contributed by atoms with Crippen LogP contribution in [0, 0.1) is 23.2 Å². The number of hydrogen-bond acceptors (Lipinski definition) is 1. The van der Waals surface area contributed by atoms with Crippen LogP contribution in [-0.2, 0) is 0 Å². The number of rotatable bonds is 0. The van der Waals surface area contributed by atoms with Gasteiger partial charge in [-0.25, -0.2) is 0 Å². The van der Waals surface area contributed by atoms with E-state index < -0.39 is 0 Å². The van der Waals surface area contributed by atoms with Crippen LogP contribution in [0.4, 0.5) is 0 Å². The van der Waals surface area contributed by atoms with Gasteiger partial charge in [0.1, 0.15) is 0 Å². The third-order valence-electron chi connectivity index (χ3n) is 7.23. The van der Waals surface area contributed by atoms with E-state index >= 15 is 0 Å². The zero-order valence-corrected chi connectivity index (χ0v) is 13.0. The molecule has 4 rings (SSSR count). The summed E-state index contributed by atoms with van der Waals surface area (Å²) >= 11 is 0. The van der Waals surface area contributed by atoms with Crippen LogP contribution in [0.3, 0.4) is 0 Å². The van der Waals surface area contributed by atoms with Gasteiger partial charge in [-0.2, -0.15) is 0 Å². The molecule has 1 N–H and O–H groups in total. The second kappa shape index (κ2) is 4.47. The van der Waals surface area contributed by atoms with Crippen LogP contribution >= 0.6 is 0 Å². The van der Waals surface area contributed by atoms with E-state index in [2.05, 4.69) is 19.9 Å². The first-order valence-electron chi connectivity index (χ1n) is 8.65. The van der Waals surface area contributed by atoms with Crippen LogP contribution < -0.4 is 0 Å². The third-order valence-corrected chi connectivity index (χ3v) is 7.23. The molecule has 0 bridgehead atoms. The number of aliphatic hydroxyl groups is 1. The normalized spacial score (nSPS) is 47.5. The van der Waals surface area contributed by atoms with E-state index in [0.717, 1.165) is 30.6 Å². The fourth-order valence-corrected chi connectivity index (χ4v) is 6.05. The monoisotopic (exact) mass is 272 g/mol. The van der Waals surface area contributed by atoms with E-state index in [-0.39, 0.29) is 6.10 Å². The van der Waals surface area contributed by atoms with Crippen LogP contribution in [0.25, 0.3) is 0 Å². The van der Waals surface area contributed by atoms with Gasteiger partial charge in [0.15, 0.2) is 0 Å². The Hall–Kier alpha value is -0.560. The van der Waals surface area contributed by atoms with Crippen molar-refractivity contribution in [1.29, 1.82) is 0 Å². The summed E-state index contributed by atoms with van der Waals surface area (Å²) in [6.07, 6.45) is 12.5. The molecule has 0 aliphatic heterocycles. The minimum atomic E-state index is -0.0707. The summed E-state index contributed by atoms with van der Waals surface area (Å²) in [4.78, 5) is 0. The van der Waals surface area contributed by atoms with Gasteiger partial charge in [0.05, 0.1) is 6.10 Å². The maximum Gasteiger partial charge on any atom is 0.0577 e. The third kappa shape index (κ3) is 1.71. The van der Waals surface area contributed by atoms with Crippen molar-refractivity contribution >= 4 is 0 Å². The van der Waals surface area contributed by atoms with Crippen LogP contribution in [0.5, 0.6) is 0 Å². The van der Waals surface area contributed by atoms with Gasteiger partial charge in [0.2, 0.25) is 0 Å². The summed E-state index contributed by atoms with van der Waals surface area (Å²) in [6, 6.07) is 0. The molecule has 0 heterocycles. The summed E-state index contributed by atoms with van der Waals surface area (Å²) in [7, 11) is 0. The van der Waals surface area contributed by atoms with Crippen molar-refractivity contribution in [2.24, 2.45) is 23.2 Å². The fourth-order valence-electron chi connectivity index (χ4n) is 6.05. The van der Waals surface area contributed by atoms with Crippen LogP contribution in [0.1, 0.15) is 65.2 Å². The molecule has 0 aromatic rings. The molecule has 0 amide bonds. The van der Waals surface area contributed by atoms with Crippen molar-refractivity contribution in [2.75, 3.05) is 0 Å². The van der Waals surface area contributed by atoms with Gasteiger partial charge in [-0.15, -0.1) is 0 Å². The largest absolute Gasteiger partial charge is 0.393 e. The van der Waals surface area contributed by atoms with Crippen molar-refractivity contribution in [2.45, 2.75) is 71.3 Å². The average molecular weight is 272 g/mol. The van der Waals surface area contributed by atoms with Crippen molar-refractivity contribution in [3.63, 3.8) is 0 Å². The van der Waals surface area contributed by atoms with Gasteiger partial charge < -0.3 is 5.11 Å². The molecule has 5 atom stereocenters. The number of aliphatic hydroxyl groups excluding tert-OH is 1. The second-order valence-corrected chi connectivity index (χ2v) is 8.04. The zero-order chi connectivity index (χ0) is 13.9. The van der Waals surface area contributed by atoms with Crippen LogP contribution in [0.2, 0.25) is 0 Å². The van der Waals surface area contributed by atoms with Gasteiger partial charge in [0.25, 0.3) is 0 Å². The lowest BCUT2D eigenvalue weighted by molar-refractivity contribution is 0.0240. The Morgan fingerprint density at radius 1 is 1.20 bits per heavy atom. The van der Waals surface area contributed by atoms with Crippen molar-refractivity contribution in [3.05, 3.63) is 22.8 Å². The Morgan fingerprint density at radius 2 is 2.05 bits per heavy atom. The van der Waals surface area contributed by atoms with Crippen LogP contribution in [0.15, 0.2) is 22.8 Å². The molecule has 2 fully saturated rings. The lowest BCUT2D eigenvalue weighted by Gasteiger charge is -2.54. The minimum absolute atomic E-state index is 0.0707. The Bertz CT molecular complexity index is 486. The van der Waals surface area contributed by atoms with E-state index in [1.54, 1.807) is 11.1 Å². The summed E-state index contributed by atoms with van der Waals surface area (Å²) in [5.74, 6) is 2.69. The highest BCUT2D eigenvalue weighted by Gasteiger charge is 2.51. The number of allylic oxidation sites excluding steroid dienone is 3. The molecular formula is C19H28O. The van der Waals surface area contributed by atoms with Gasteiger partial charge >= 0.3 is 0 Å². The summed E-state index contributed by atoms with van der Waals surface area (Å²) < 4.78 is 0. The van der Waals surface area contributed by atoms with E-state index in [0.29, 0.717) is 5.41 Å². The Labute approximate surface area is 123 Å². The molecular weight excluding hydrogens is 244 g/mol. The van der Waals surface area contributed by atoms with Crippen molar-refractivity contribution in [3.8, 4) is 0 Å². The Balaban J connectivity index is 1.69. The molecule has 0 aromatic carbocycles. The Kier molecular flexibility index (Phi) is 2.93. The first-order valence-corrected chi connectivity index (χ1v) is 8.65. The number of hydrogen-bond donors (Lipinski definition) is 1. The zero-order valence-electron chi connectivity index (χ0n) is 13.0. The maximum atomic E-state index is 10.00. The Morgan fingerprint density at radius 3 is 2.90 bits per heavy atom. The highest BCUT2D eigenvalue weighted by atomic mass is 16.3. The lowest BCUT2D eigenvalue weighted by Crippen LogP contribution is -2.46. The quantitative estimate of drug-likeness (QED) is 0.638. The molecule has 4 aliphatic rings. The first-order chi connectivity index (χ1) is 9.59. The van der Waals surface area contributed by atoms with E-state index in [4.69, 9.17) is 0 Å². The van der Waals surface area contributed by atoms with Crippen molar-refractivity contribution < 1.29 is 5.11 Å². The van der Waals surface area contributed by atoms with E-state index in [1.807, 2.05) is 5.57 Å².